The predicted octanol–water partition coefficient (Wildman–Crippen LogP) is 5.42. The van der Waals surface area contributed by atoms with Crippen molar-refractivity contribution in [3.63, 3.8) is 0 Å². The lowest BCUT2D eigenvalue weighted by molar-refractivity contribution is -0.116. The maximum atomic E-state index is 15.3. The maximum Gasteiger partial charge on any atom is 0.266 e. The van der Waals surface area contributed by atoms with Crippen LogP contribution in [0.5, 0.6) is 0 Å². The van der Waals surface area contributed by atoms with E-state index in [1.165, 1.54) is 61.2 Å². The SMILES string of the molecule is Cc1nc2cc(NCCCN3CCCCC3)ccc2c(=O)n1-c1ccc(CC(=O)CS(=O)(=O)c2ccc(Cl)s2)cc1F. The number of aryl methyl sites for hydroxylation is 1. The molecule has 1 saturated heterocycles. The largest absolute Gasteiger partial charge is 0.385 e. The van der Waals surface area contributed by atoms with Gasteiger partial charge in [0.25, 0.3) is 5.56 Å². The Morgan fingerprint density at radius 1 is 1.10 bits per heavy atom. The molecule has 222 valence electrons. The molecule has 1 fully saturated rings. The van der Waals surface area contributed by atoms with Gasteiger partial charge >= 0.3 is 0 Å². The quantitative estimate of drug-likeness (QED) is 0.221. The van der Waals surface area contributed by atoms with Crippen molar-refractivity contribution in [3.8, 4) is 5.69 Å². The first-order valence-electron chi connectivity index (χ1n) is 13.9. The first-order chi connectivity index (χ1) is 20.1. The Bertz CT molecular complexity index is 1780. The molecule has 8 nitrogen and oxygen atoms in total. The van der Waals surface area contributed by atoms with Crippen LogP contribution in [0.3, 0.4) is 0 Å². The van der Waals surface area contributed by atoms with E-state index < -0.39 is 32.7 Å². The van der Waals surface area contributed by atoms with E-state index in [1.807, 2.05) is 12.1 Å². The zero-order valence-corrected chi connectivity index (χ0v) is 25.6. The Kier molecular flexibility index (Phi) is 9.41. The third kappa shape index (κ3) is 7.08. The number of ketones is 1. The summed E-state index contributed by atoms with van der Waals surface area (Å²) in [4.78, 5) is 33.0. The molecule has 0 aliphatic carbocycles. The number of nitrogens with one attached hydrogen (secondary N) is 1. The Labute approximate surface area is 253 Å². The highest BCUT2D eigenvalue weighted by Crippen LogP contribution is 2.27. The molecule has 0 bridgehead atoms. The molecule has 3 heterocycles. The number of likely N-dealkylation sites (tertiary alicyclic amines) is 1. The summed E-state index contributed by atoms with van der Waals surface area (Å²) < 4.78 is 41.8. The number of rotatable bonds is 11. The fourth-order valence-electron chi connectivity index (χ4n) is 5.28. The van der Waals surface area contributed by atoms with Crippen LogP contribution >= 0.6 is 22.9 Å². The van der Waals surface area contributed by atoms with Crippen molar-refractivity contribution in [1.82, 2.24) is 14.5 Å². The minimum Gasteiger partial charge on any atom is -0.385 e. The topological polar surface area (TPSA) is 101 Å². The highest BCUT2D eigenvalue weighted by atomic mass is 35.5. The molecule has 1 aliphatic rings. The monoisotopic (exact) mass is 630 g/mol. The van der Waals surface area contributed by atoms with Crippen LogP contribution in [0.25, 0.3) is 16.6 Å². The highest BCUT2D eigenvalue weighted by molar-refractivity contribution is 7.94. The molecule has 5 rings (SSSR count). The van der Waals surface area contributed by atoms with Gasteiger partial charge in [-0.1, -0.05) is 24.1 Å². The molecule has 42 heavy (non-hydrogen) atoms. The van der Waals surface area contributed by atoms with Crippen molar-refractivity contribution in [2.45, 2.75) is 43.2 Å². The minimum atomic E-state index is -3.84. The van der Waals surface area contributed by atoms with Gasteiger partial charge in [0.05, 0.1) is 20.9 Å². The van der Waals surface area contributed by atoms with E-state index in [0.717, 1.165) is 42.6 Å². The summed E-state index contributed by atoms with van der Waals surface area (Å²) in [5, 5.41) is 3.77. The van der Waals surface area contributed by atoms with Gasteiger partial charge in [-0.15, -0.1) is 11.3 Å². The number of hydrogen-bond acceptors (Lipinski definition) is 8. The Morgan fingerprint density at radius 2 is 1.88 bits per heavy atom. The summed E-state index contributed by atoms with van der Waals surface area (Å²) >= 11 is 6.70. The first-order valence-corrected chi connectivity index (χ1v) is 16.7. The molecule has 0 radical (unpaired) electrons. The first kappa shape index (κ1) is 30.3. The second-order valence-electron chi connectivity index (χ2n) is 10.5. The van der Waals surface area contributed by atoms with E-state index in [9.17, 15) is 18.0 Å². The second kappa shape index (κ2) is 13.0. The normalized spacial score (nSPS) is 14.4. The van der Waals surface area contributed by atoms with Gasteiger partial charge in [0, 0.05) is 18.7 Å². The van der Waals surface area contributed by atoms with Crippen LogP contribution in [-0.4, -0.2) is 60.6 Å². The van der Waals surface area contributed by atoms with E-state index in [4.69, 9.17) is 11.6 Å². The van der Waals surface area contributed by atoms with Gasteiger partial charge in [0.15, 0.2) is 15.6 Å². The zero-order valence-electron chi connectivity index (χ0n) is 23.2. The number of thiophene rings is 1. The number of piperidine rings is 1. The lowest BCUT2D eigenvalue weighted by atomic mass is 10.1. The standard InChI is InChI=1S/C30H32ClFN4O4S2/c1-20-34-26-18-22(33-12-5-15-35-13-3-2-4-14-35)7-8-24(26)30(38)36(20)27-9-6-21(17-25(27)32)16-23(37)19-42(39,40)29-11-10-28(31)41-29/h6-11,17-18,33H,2-5,12-16,19H2,1H3. The number of carbonyl (C=O) groups excluding carboxylic acids is 1. The number of nitrogens with zero attached hydrogens (tertiary/aromatic N) is 3. The highest BCUT2D eigenvalue weighted by Gasteiger charge is 2.22. The van der Waals surface area contributed by atoms with Crippen molar-refractivity contribution in [2.75, 3.05) is 37.2 Å². The van der Waals surface area contributed by atoms with Gasteiger partial charge < -0.3 is 10.2 Å². The van der Waals surface area contributed by atoms with Gasteiger partial charge in [-0.3, -0.25) is 14.2 Å². The summed E-state index contributed by atoms with van der Waals surface area (Å²) in [6.07, 6.45) is 4.61. The number of hydrogen-bond donors (Lipinski definition) is 1. The fraction of sp³-hybridized carbons (Fsp3) is 0.367. The number of sulfone groups is 1. The molecule has 1 aliphatic heterocycles. The van der Waals surface area contributed by atoms with Crippen molar-refractivity contribution in [3.05, 3.63) is 80.4 Å². The molecule has 0 saturated carbocycles. The Hall–Kier alpha value is -3.12. The minimum absolute atomic E-state index is 0.00358. The van der Waals surface area contributed by atoms with Gasteiger partial charge in [-0.05, 0) is 93.8 Å². The van der Waals surface area contributed by atoms with Crippen LogP contribution in [0.15, 0.2) is 57.5 Å². The van der Waals surface area contributed by atoms with Crippen LogP contribution in [-0.2, 0) is 21.1 Å². The van der Waals surface area contributed by atoms with E-state index in [2.05, 4.69) is 15.2 Å². The number of halogens is 2. The van der Waals surface area contributed by atoms with E-state index in [-0.39, 0.29) is 16.3 Å². The molecular weight excluding hydrogens is 599 g/mol. The van der Waals surface area contributed by atoms with Gasteiger partial charge in [0.2, 0.25) is 0 Å². The maximum absolute atomic E-state index is 15.3. The van der Waals surface area contributed by atoms with Crippen LogP contribution in [0.4, 0.5) is 10.1 Å². The van der Waals surface area contributed by atoms with Crippen molar-refractivity contribution in [1.29, 1.82) is 0 Å². The van der Waals surface area contributed by atoms with E-state index in [0.29, 0.717) is 26.6 Å². The Morgan fingerprint density at radius 3 is 2.60 bits per heavy atom. The smallest absolute Gasteiger partial charge is 0.266 e. The molecule has 0 amide bonds. The van der Waals surface area contributed by atoms with E-state index >= 15 is 4.39 Å². The summed E-state index contributed by atoms with van der Waals surface area (Å²) in [5.41, 5.74) is 1.29. The fourth-order valence-corrected chi connectivity index (χ4v) is 8.09. The van der Waals surface area contributed by atoms with Crippen molar-refractivity contribution in [2.24, 2.45) is 0 Å². The van der Waals surface area contributed by atoms with Crippen LogP contribution in [0.2, 0.25) is 4.34 Å². The van der Waals surface area contributed by atoms with Crippen LogP contribution < -0.4 is 10.9 Å². The zero-order chi connectivity index (χ0) is 29.9. The average Bonchev–Trinajstić information content (AvgIpc) is 3.40. The number of anilines is 1. The van der Waals surface area contributed by atoms with Crippen LogP contribution in [0, 0.1) is 12.7 Å². The number of fused-ring (bicyclic) bond motifs is 1. The van der Waals surface area contributed by atoms with Gasteiger partial charge in [-0.25, -0.2) is 17.8 Å². The predicted molar refractivity (Wildman–Crippen MR) is 166 cm³/mol. The molecule has 4 aromatic rings. The molecule has 2 aromatic heterocycles. The molecule has 0 unspecified atom stereocenters. The number of benzene rings is 2. The third-order valence-electron chi connectivity index (χ3n) is 7.33. The number of Topliss-reactive ketones (excluding diaryl/α,β-unsaturated/α-hetero) is 1. The summed E-state index contributed by atoms with van der Waals surface area (Å²) in [7, 11) is -3.84. The second-order valence-corrected chi connectivity index (χ2v) is 14.5. The molecule has 12 heteroatoms. The molecule has 0 spiro atoms. The summed E-state index contributed by atoms with van der Waals surface area (Å²) in [6, 6.07) is 12.2. The molecule has 0 atom stereocenters. The summed E-state index contributed by atoms with van der Waals surface area (Å²) in [6.45, 7) is 5.85. The third-order valence-corrected chi connectivity index (χ3v) is 10.8. The molecule has 2 aromatic carbocycles. The lowest BCUT2D eigenvalue weighted by Gasteiger charge is -2.26. The summed E-state index contributed by atoms with van der Waals surface area (Å²) in [5.74, 6) is -1.69. The average molecular weight is 631 g/mol. The van der Waals surface area contributed by atoms with Crippen molar-refractivity contribution >= 4 is 55.1 Å². The molecule has 1 N–H and O–H groups in total. The van der Waals surface area contributed by atoms with Crippen molar-refractivity contribution < 1.29 is 17.6 Å². The Balaban J connectivity index is 1.27. The van der Waals surface area contributed by atoms with Gasteiger partial charge in [-0.2, -0.15) is 0 Å². The van der Waals surface area contributed by atoms with Gasteiger partial charge in [0.1, 0.15) is 21.6 Å². The van der Waals surface area contributed by atoms with E-state index in [1.54, 1.807) is 13.0 Å². The lowest BCUT2D eigenvalue weighted by Crippen LogP contribution is -2.31. The number of carbonyl (C=O) groups is 1. The number of aromatic nitrogens is 2. The van der Waals surface area contributed by atoms with Crippen LogP contribution in [0.1, 0.15) is 37.1 Å². The molecular formula is C30H32ClFN4O4S2.